The van der Waals surface area contributed by atoms with E-state index in [1.54, 1.807) is 7.11 Å². The van der Waals surface area contributed by atoms with E-state index >= 15 is 0 Å². The van der Waals surface area contributed by atoms with Crippen LogP contribution in [0.1, 0.15) is 5.56 Å². The molecule has 0 aliphatic heterocycles. The first kappa shape index (κ1) is 11.8. The molecule has 88 valence electrons. The van der Waals surface area contributed by atoms with Crippen molar-refractivity contribution in [3.63, 3.8) is 0 Å². The molecule has 0 atom stereocenters. The number of hydrogen-bond donors (Lipinski definition) is 1. The Labute approximate surface area is 106 Å². The summed E-state index contributed by atoms with van der Waals surface area (Å²) in [5, 5.41) is 4.08. The first-order chi connectivity index (χ1) is 8.28. The zero-order valence-corrected chi connectivity index (χ0v) is 10.4. The van der Waals surface area contributed by atoms with Crippen molar-refractivity contribution in [1.82, 2.24) is 0 Å². The van der Waals surface area contributed by atoms with Crippen molar-refractivity contribution in [1.29, 1.82) is 0 Å². The number of halogens is 1. The second-order valence-electron chi connectivity index (χ2n) is 3.72. The SMILES string of the molecule is COc1cccc(NCc2cccc(Cl)c2)c1. The topological polar surface area (TPSA) is 21.3 Å². The van der Waals surface area contributed by atoms with Gasteiger partial charge in [-0.05, 0) is 29.8 Å². The average molecular weight is 248 g/mol. The minimum absolute atomic E-state index is 0.744. The van der Waals surface area contributed by atoms with Crippen LogP contribution in [-0.2, 0) is 6.54 Å². The highest BCUT2D eigenvalue weighted by atomic mass is 35.5. The number of methoxy groups -OCH3 is 1. The Morgan fingerprint density at radius 3 is 2.71 bits per heavy atom. The summed E-state index contributed by atoms with van der Waals surface area (Å²) in [5.74, 6) is 0.848. The Morgan fingerprint density at radius 2 is 1.94 bits per heavy atom. The molecule has 3 heteroatoms. The fraction of sp³-hybridized carbons (Fsp3) is 0.143. The highest BCUT2D eigenvalue weighted by Gasteiger charge is 1.97. The first-order valence-electron chi connectivity index (χ1n) is 5.40. The minimum atomic E-state index is 0.744. The fourth-order valence-electron chi connectivity index (χ4n) is 1.58. The van der Waals surface area contributed by atoms with Crippen LogP contribution in [0.2, 0.25) is 5.02 Å². The van der Waals surface area contributed by atoms with Crippen LogP contribution in [0.25, 0.3) is 0 Å². The van der Waals surface area contributed by atoms with E-state index in [1.807, 2.05) is 48.5 Å². The van der Waals surface area contributed by atoms with E-state index in [-0.39, 0.29) is 0 Å². The second kappa shape index (κ2) is 5.60. The Bertz CT molecular complexity index is 499. The minimum Gasteiger partial charge on any atom is -0.497 e. The van der Waals surface area contributed by atoms with Gasteiger partial charge in [0.1, 0.15) is 5.75 Å². The molecule has 1 N–H and O–H groups in total. The summed E-state index contributed by atoms with van der Waals surface area (Å²) in [5.41, 5.74) is 2.18. The molecule has 2 rings (SSSR count). The molecular weight excluding hydrogens is 234 g/mol. The van der Waals surface area contributed by atoms with Crippen molar-refractivity contribution in [3.8, 4) is 5.75 Å². The number of rotatable bonds is 4. The monoisotopic (exact) mass is 247 g/mol. The van der Waals surface area contributed by atoms with Crippen LogP contribution in [0.4, 0.5) is 5.69 Å². The van der Waals surface area contributed by atoms with Crippen LogP contribution in [0, 0.1) is 0 Å². The molecule has 0 radical (unpaired) electrons. The summed E-state index contributed by atoms with van der Waals surface area (Å²) in [4.78, 5) is 0. The summed E-state index contributed by atoms with van der Waals surface area (Å²) in [6.45, 7) is 0.744. The van der Waals surface area contributed by atoms with E-state index in [9.17, 15) is 0 Å². The highest BCUT2D eigenvalue weighted by molar-refractivity contribution is 6.30. The maximum Gasteiger partial charge on any atom is 0.120 e. The van der Waals surface area contributed by atoms with Crippen molar-refractivity contribution in [3.05, 3.63) is 59.1 Å². The molecule has 0 unspecified atom stereocenters. The molecule has 0 saturated carbocycles. The zero-order valence-electron chi connectivity index (χ0n) is 9.61. The maximum atomic E-state index is 5.93. The quantitative estimate of drug-likeness (QED) is 0.883. The Hall–Kier alpha value is -1.67. The van der Waals surface area contributed by atoms with Gasteiger partial charge in [-0.2, -0.15) is 0 Å². The molecule has 0 bridgehead atoms. The second-order valence-corrected chi connectivity index (χ2v) is 4.15. The van der Waals surface area contributed by atoms with E-state index in [0.29, 0.717) is 0 Å². The van der Waals surface area contributed by atoms with Gasteiger partial charge in [0.2, 0.25) is 0 Å². The maximum absolute atomic E-state index is 5.93. The smallest absolute Gasteiger partial charge is 0.120 e. The number of anilines is 1. The van der Waals surface area contributed by atoms with Crippen molar-refractivity contribution < 1.29 is 4.74 Å². The van der Waals surface area contributed by atoms with Gasteiger partial charge in [0.05, 0.1) is 7.11 Å². The third kappa shape index (κ3) is 3.40. The molecule has 0 spiro atoms. The summed E-state index contributed by atoms with van der Waals surface area (Å²) in [7, 11) is 1.66. The van der Waals surface area contributed by atoms with Gasteiger partial charge >= 0.3 is 0 Å². The van der Waals surface area contributed by atoms with Crippen LogP contribution in [0.5, 0.6) is 5.75 Å². The zero-order chi connectivity index (χ0) is 12.1. The van der Waals surface area contributed by atoms with Crippen LogP contribution in [0.3, 0.4) is 0 Å². The van der Waals surface area contributed by atoms with Crippen molar-refractivity contribution >= 4 is 17.3 Å². The van der Waals surface area contributed by atoms with Gasteiger partial charge in [-0.15, -0.1) is 0 Å². The summed E-state index contributed by atoms with van der Waals surface area (Å²) in [6.07, 6.45) is 0. The van der Waals surface area contributed by atoms with Gasteiger partial charge in [-0.3, -0.25) is 0 Å². The molecule has 2 aromatic carbocycles. The van der Waals surface area contributed by atoms with Gasteiger partial charge in [0, 0.05) is 23.3 Å². The molecule has 0 aliphatic rings. The Kier molecular flexibility index (Phi) is 3.89. The highest BCUT2D eigenvalue weighted by Crippen LogP contribution is 2.18. The molecule has 17 heavy (non-hydrogen) atoms. The largest absolute Gasteiger partial charge is 0.497 e. The van der Waals surface area contributed by atoms with Gasteiger partial charge in [-0.25, -0.2) is 0 Å². The summed E-state index contributed by atoms with van der Waals surface area (Å²) >= 11 is 5.93. The number of ether oxygens (including phenoxy) is 1. The standard InChI is InChI=1S/C14H14ClNO/c1-17-14-7-3-6-13(9-14)16-10-11-4-2-5-12(15)8-11/h2-9,16H,10H2,1H3. The average Bonchev–Trinajstić information content (AvgIpc) is 2.37. The van der Waals surface area contributed by atoms with Crippen LogP contribution < -0.4 is 10.1 Å². The number of benzene rings is 2. The van der Waals surface area contributed by atoms with Gasteiger partial charge in [0.25, 0.3) is 0 Å². The third-order valence-corrected chi connectivity index (χ3v) is 2.69. The first-order valence-corrected chi connectivity index (χ1v) is 5.78. The summed E-state index contributed by atoms with van der Waals surface area (Å²) in [6, 6.07) is 15.7. The van der Waals surface area contributed by atoms with E-state index in [1.165, 1.54) is 0 Å². The number of hydrogen-bond acceptors (Lipinski definition) is 2. The molecule has 0 aliphatic carbocycles. The lowest BCUT2D eigenvalue weighted by atomic mass is 10.2. The molecule has 0 fully saturated rings. The molecule has 0 amide bonds. The van der Waals surface area contributed by atoms with Crippen LogP contribution >= 0.6 is 11.6 Å². The predicted molar refractivity (Wildman–Crippen MR) is 71.8 cm³/mol. The van der Waals surface area contributed by atoms with Gasteiger partial charge in [-0.1, -0.05) is 29.8 Å². The fourth-order valence-corrected chi connectivity index (χ4v) is 1.80. The lowest BCUT2D eigenvalue weighted by molar-refractivity contribution is 0.415. The third-order valence-electron chi connectivity index (χ3n) is 2.46. The normalized spacial score (nSPS) is 10.0. The molecule has 0 heterocycles. The van der Waals surface area contributed by atoms with Gasteiger partial charge < -0.3 is 10.1 Å². The molecule has 2 aromatic rings. The van der Waals surface area contributed by atoms with Crippen molar-refractivity contribution in [2.75, 3.05) is 12.4 Å². The molecule has 2 nitrogen and oxygen atoms in total. The van der Waals surface area contributed by atoms with E-state index in [4.69, 9.17) is 16.3 Å². The van der Waals surface area contributed by atoms with E-state index in [0.717, 1.165) is 28.6 Å². The van der Waals surface area contributed by atoms with E-state index in [2.05, 4.69) is 5.32 Å². The summed E-state index contributed by atoms with van der Waals surface area (Å²) < 4.78 is 5.16. The molecule has 0 aromatic heterocycles. The molecule has 0 saturated heterocycles. The van der Waals surface area contributed by atoms with Crippen molar-refractivity contribution in [2.24, 2.45) is 0 Å². The Morgan fingerprint density at radius 1 is 1.12 bits per heavy atom. The van der Waals surface area contributed by atoms with Crippen LogP contribution in [-0.4, -0.2) is 7.11 Å². The lowest BCUT2D eigenvalue weighted by Gasteiger charge is -2.08. The van der Waals surface area contributed by atoms with Crippen LogP contribution in [0.15, 0.2) is 48.5 Å². The molecular formula is C14H14ClNO. The van der Waals surface area contributed by atoms with Gasteiger partial charge in [0.15, 0.2) is 0 Å². The lowest BCUT2D eigenvalue weighted by Crippen LogP contribution is -1.99. The number of nitrogens with one attached hydrogen (secondary N) is 1. The van der Waals surface area contributed by atoms with Crippen molar-refractivity contribution in [2.45, 2.75) is 6.54 Å². The predicted octanol–water partition coefficient (Wildman–Crippen LogP) is 3.96. The Balaban J connectivity index is 2.02. The van der Waals surface area contributed by atoms with E-state index < -0.39 is 0 Å².